The fourth-order valence-electron chi connectivity index (χ4n) is 2.22. The van der Waals surface area contributed by atoms with Crippen molar-refractivity contribution in [3.63, 3.8) is 0 Å². The van der Waals surface area contributed by atoms with Crippen LogP contribution in [0.1, 0.15) is 20.8 Å². The molecule has 1 aromatic heterocycles. The number of aromatic nitrogens is 2. The van der Waals surface area contributed by atoms with Gasteiger partial charge in [0.25, 0.3) is 0 Å². The molecular weight excluding hydrogens is 322 g/mol. The van der Waals surface area contributed by atoms with Crippen LogP contribution in [0.4, 0.5) is 0 Å². The van der Waals surface area contributed by atoms with E-state index in [0.29, 0.717) is 12.3 Å². The molecule has 0 unspecified atom stereocenters. The fourth-order valence-corrected chi connectivity index (χ4v) is 2.97. The number of methoxy groups -OCH3 is 1. The van der Waals surface area contributed by atoms with Crippen molar-refractivity contribution < 1.29 is 9.53 Å². The molecule has 0 saturated carbocycles. The number of benzene rings is 1. The number of hydrogen-bond donors (Lipinski definition) is 1. The fraction of sp³-hybridized carbons (Fsp3) is 0.444. The van der Waals surface area contributed by atoms with Gasteiger partial charge in [-0.1, -0.05) is 26.8 Å². The van der Waals surface area contributed by atoms with Crippen LogP contribution < -0.4 is 10.1 Å². The second kappa shape index (κ2) is 8.24. The molecule has 1 aromatic carbocycles. The highest BCUT2D eigenvalue weighted by Crippen LogP contribution is 2.24. The highest BCUT2D eigenvalue weighted by Gasteiger charge is 2.26. The maximum Gasteiger partial charge on any atom is 0.230 e. The topological polar surface area (TPSA) is 56.1 Å². The third kappa shape index (κ3) is 5.60. The molecule has 0 aliphatic heterocycles. The van der Waals surface area contributed by atoms with Crippen LogP contribution in [0.25, 0.3) is 0 Å². The Hall–Kier alpha value is -1.95. The number of amides is 1. The van der Waals surface area contributed by atoms with Gasteiger partial charge in [-0.15, -0.1) is 11.8 Å². The SMILES string of the molecule is COc1cccc(SCC(=O)N[C@@H](Cn2ccnc2)C(C)(C)C)c1. The lowest BCUT2D eigenvalue weighted by Crippen LogP contribution is -2.46. The molecule has 130 valence electrons. The van der Waals surface area contributed by atoms with Crippen LogP contribution in [0.15, 0.2) is 47.9 Å². The summed E-state index contributed by atoms with van der Waals surface area (Å²) in [6.45, 7) is 7.09. The molecule has 6 heteroatoms. The Balaban J connectivity index is 1.92. The van der Waals surface area contributed by atoms with Crippen LogP contribution in [0.3, 0.4) is 0 Å². The average molecular weight is 347 g/mol. The van der Waals surface area contributed by atoms with E-state index in [2.05, 4.69) is 31.1 Å². The smallest absolute Gasteiger partial charge is 0.230 e. The number of imidazole rings is 1. The number of nitrogens with zero attached hydrogens (tertiary/aromatic N) is 2. The van der Waals surface area contributed by atoms with E-state index in [1.165, 1.54) is 11.8 Å². The first-order chi connectivity index (χ1) is 11.4. The normalized spacial score (nSPS) is 12.7. The number of nitrogens with one attached hydrogen (secondary N) is 1. The monoisotopic (exact) mass is 347 g/mol. The van der Waals surface area contributed by atoms with Gasteiger partial charge >= 0.3 is 0 Å². The number of carbonyl (C=O) groups excluding carboxylic acids is 1. The maximum atomic E-state index is 12.4. The number of thioether (sulfide) groups is 1. The Labute approximate surface area is 147 Å². The van der Waals surface area contributed by atoms with Gasteiger partial charge in [0.1, 0.15) is 5.75 Å². The van der Waals surface area contributed by atoms with E-state index in [1.54, 1.807) is 19.6 Å². The number of hydrogen-bond acceptors (Lipinski definition) is 4. The van der Waals surface area contributed by atoms with Crippen molar-refractivity contribution in [1.29, 1.82) is 0 Å². The summed E-state index contributed by atoms with van der Waals surface area (Å²) in [5, 5.41) is 3.15. The van der Waals surface area contributed by atoms with Crippen LogP contribution in [0.5, 0.6) is 5.75 Å². The minimum atomic E-state index is -0.0411. The Morgan fingerprint density at radius 3 is 2.83 bits per heavy atom. The Morgan fingerprint density at radius 2 is 2.21 bits per heavy atom. The highest BCUT2D eigenvalue weighted by molar-refractivity contribution is 8.00. The summed E-state index contributed by atoms with van der Waals surface area (Å²) in [5.74, 6) is 1.21. The molecule has 1 amide bonds. The second-order valence-electron chi connectivity index (χ2n) is 6.71. The molecule has 1 heterocycles. The zero-order valence-corrected chi connectivity index (χ0v) is 15.5. The van der Waals surface area contributed by atoms with E-state index in [-0.39, 0.29) is 17.4 Å². The van der Waals surface area contributed by atoms with Crippen molar-refractivity contribution in [1.82, 2.24) is 14.9 Å². The van der Waals surface area contributed by atoms with Gasteiger partial charge in [-0.05, 0) is 23.6 Å². The first-order valence-corrected chi connectivity index (χ1v) is 8.89. The molecule has 2 rings (SSSR count). The molecule has 1 atom stereocenters. The van der Waals surface area contributed by atoms with Crippen molar-refractivity contribution in [3.8, 4) is 5.75 Å². The van der Waals surface area contributed by atoms with Crippen molar-refractivity contribution in [2.24, 2.45) is 5.41 Å². The van der Waals surface area contributed by atoms with Gasteiger partial charge in [-0.25, -0.2) is 4.98 Å². The molecule has 1 N–H and O–H groups in total. The lowest BCUT2D eigenvalue weighted by Gasteiger charge is -2.31. The second-order valence-corrected chi connectivity index (χ2v) is 7.76. The summed E-state index contributed by atoms with van der Waals surface area (Å²) in [6.07, 6.45) is 5.44. The molecule has 0 aliphatic rings. The molecule has 0 radical (unpaired) electrons. The van der Waals surface area contributed by atoms with Crippen LogP contribution >= 0.6 is 11.8 Å². The standard InChI is InChI=1S/C18H25N3O2S/c1-18(2,3)16(11-21-9-8-19-13-21)20-17(22)12-24-15-7-5-6-14(10-15)23-4/h5-10,13,16H,11-12H2,1-4H3,(H,20,22)/t16-/m0/s1. The number of ether oxygens (including phenoxy) is 1. The average Bonchev–Trinajstić information content (AvgIpc) is 3.05. The van der Waals surface area contributed by atoms with Crippen LogP contribution in [0.2, 0.25) is 0 Å². The summed E-state index contributed by atoms with van der Waals surface area (Å²) in [5.41, 5.74) is -0.0411. The largest absolute Gasteiger partial charge is 0.497 e. The van der Waals surface area contributed by atoms with Crippen molar-refractivity contribution in [2.45, 2.75) is 38.3 Å². The predicted molar refractivity (Wildman–Crippen MR) is 97.3 cm³/mol. The molecule has 0 saturated heterocycles. The Kier molecular flexibility index (Phi) is 6.31. The summed E-state index contributed by atoms with van der Waals surface area (Å²) in [7, 11) is 1.64. The van der Waals surface area contributed by atoms with Crippen LogP contribution in [-0.4, -0.2) is 34.4 Å². The molecule has 24 heavy (non-hydrogen) atoms. The quantitative estimate of drug-likeness (QED) is 0.782. The van der Waals surface area contributed by atoms with Gasteiger partial charge in [0.15, 0.2) is 0 Å². The third-order valence-electron chi connectivity index (χ3n) is 3.74. The molecule has 0 aliphatic carbocycles. The van der Waals surface area contributed by atoms with Gasteiger partial charge in [0, 0.05) is 23.8 Å². The maximum absolute atomic E-state index is 12.4. The van der Waals surface area contributed by atoms with Gasteiger partial charge < -0.3 is 14.6 Å². The van der Waals surface area contributed by atoms with Crippen LogP contribution in [0, 0.1) is 5.41 Å². The third-order valence-corrected chi connectivity index (χ3v) is 4.74. The molecule has 5 nitrogen and oxygen atoms in total. The summed E-state index contributed by atoms with van der Waals surface area (Å²) >= 11 is 1.51. The molecule has 0 spiro atoms. The lowest BCUT2D eigenvalue weighted by atomic mass is 9.86. The number of rotatable bonds is 7. The predicted octanol–water partition coefficient (Wildman–Crippen LogP) is 3.21. The van der Waals surface area contributed by atoms with Gasteiger partial charge in [-0.3, -0.25) is 4.79 Å². The highest BCUT2D eigenvalue weighted by atomic mass is 32.2. The van der Waals surface area contributed by atoms with E-state index >= 15 is 0 Å². The van der Waals surface area contributed by atoms with E-state index in [4.69, 9.17) is 4.74 Å². The number of carbonyl (C=O) groups is 1. The minimum Gasteiger partial charge on any atom is -0.497 e. The zero-order valence-electron chi connectivity index (χ0n) is 14.7. The van der Waals surface area contributed by atoms with Gasteiger partial charge in [0.2, 0.25) is 5.91 Å². The first kappa shape index (κ1) is 18.4. The van der Waals surface area contributed by atoms with E-state index < -0.39 is 0 Å². The van der Waals surface area contributed by atoms with Gasteiger partial charge in [-0.2, -0.15) is 0 Å². The van der Waals surface area contributed by atoms with Crippen molar-refractivity contribution in [3.05, 3.63) is 43.0 Å². The molecule has 0 fully saturated rings. The van der Waals surface area contributed by atoms with Crippen LogP contribution in [-0.2, 0) is 11.3 Å². The first-order valence-electron chi connectivity index (χ1n) is 7.90. The Morgan fingerprint density at radius 1 is 1.42 bits per heavy atom. The summed E-state index contributed by atoms with van der Waals surface area (Å²) in [6, 6.07) is 7.77. The molecule has 0 bridgehead atoms. The Bertz CT molecular complexity index is 651. The minimum absolute atomic E-state index is 0.0304. The lowest BCUT2D eigenvalue weighted by molar-refractivity contribution is -0.120. The van der Waals surface area contributed by atoms with E-state index in [1.807, 2.05) is 35.0 Å². The summed E-state index contributed by atoms with van der Waals surface area (Å²) < 4.78 is 7.20. The van der Waals surface area contributed by atoms with E-state index in [9.17, 15) is 4.79 Å². The van der Waals surface area contributed by atoms with E-state index in [0.717, 1.165) is 10.6 Å². The van der Waals surface area contributed by atoms with Crippen molar-refractivity contribution >= 4 is 17.7 Å². The van der Waals surface area contributed by atoms with Crippen molar-refractivity contribution in [2.75, 3.05) is 12.9 Å². The summed E-state index contributed by atoms with van der Waals surface area (Å²) in [4.78, 5) is 17.5. The molecule has 2 aromatic rings. The molecular formula is C18H25N3O2S. The zero-order chi connectivity index (χ0) is 17.6. The van der Waals surface area contributed by atoms with Gasteiger partial charge in [0.05, 0.1) is 25.2 Å².